The average Bonchev–Trinajstić information content (AvgIpc) is 1.55. The molecule has 4 saturated carbocycles. The van der Waals surface area contributed by atoms with E-state index < -0.39 is 23.6 Å². The smallest absolute Gasteiger partial charge is 0.454 e. The first kappa shape index (κ1) is 99.0. The van der Waals surface area contributed by atoms with Gasteiger partial charge in [-0.3, -0.25) is 9.78 Å². The first-order valence-electron chi connectivity index (χ1n) is 45.0. The number of halogens is 5. The number of nitrogens with one attached hydrogen (secondary N) is 2. The fourth-order valence-electron chi connectivity index (χ4n) is 20.7. The summed E-state index contributed by atoms with van der Waals surface area (Å²) in [4.78, 5) is 33.7. The van der Waals surface area contributed by atoms with Crippen LogP contribution in [0, 0.1) is 46.1 Å². The molecule has 3 N–H and O–H groups in total. The quantitative estimate of drug-likeness (QED) is 0.0186. The van der Waals surface area contributed by atoms with Crippen LogP contribution < -0.4 is 15.3 Å². The zero-order valence-electron chi connectivity index (χ0n) is 74.9. The second kappa shape index (κ2) is 42.6. The van der Waals surface area contributed by atoms with Crippen molar-refractivity contribution in [3.63, 3.8) is 0 Å². The molecule has 0 spiro atoms. The molecule has 23 heteroatoms. The molecule has 1 aliphatic heterocycles. The molecule has 686 valence electrons. The molecule has 1 atom stereocenters. The molecule has 13 aromatic rings. The monoisotopic (exact) mass is 2290 g/mol. The van der Waals surface area contributed by atoms with Crippen LogP contribution in [0.4, 0.5) is 33.3 Å². The molecule has 2 radical (unpaired) electrons. The van der Waals surface area contributed by atoms with Crippen molar-refractivity contribution in [2.45, 2.75) is 233 Å². The second-order valence-electron chi connectivity index (χ2n) is 36.9. The van der Waals surface area contributed by atoms with E-state index in [0.717, 1.165) is 135 Å². The third-order valence-electron chi connectivity index (χ3n) is 27.3. The maximum atomic E-state index is 15.0. The minimum absolute atomic E-state index is 0. The van der Waals surface area contributed by atoms with Crippen molar-refractivity contribution >= 4 is 73.5 Å². The molecule has 7 aromatic carbocycles. The van der Waals surface area contributed by atoms with Gasteiger partial charge in [0.25, 0.3) is 11.7 Å². The number of carbonyl (C=O) groups is 1. The molecule has 0 amide bonds. The van der Waals surface area contributed by atoms with Crippen molar-refractivity contribution in [2.24, 2.45) is 21.7 Å². The molecule has 0 bridgehead atoms. The molecule has 6 aromatic heterocycles. The van der Waals surface area contributed by atoms with Crippen LogP contribution in [0.2, 0.25) is 0 Å². The summed E-state index contributed by atoms with van der Waals surface area (Å²) in [6, 6.07) is 61.3. The van der Waals surface area contributed by atoms with Crippen molar-refractivity contribution in [3.05, 3.63) is 299 Å². The van der Waals surface area contributed by atoms with Crippen molar-refractivity contribution in [3.8, 4) is 33.8 Å². The molecule has 7 aliphatic rings. The third kappa shape index (κ3) is 21.6. The molecule has 15 nitrogen and oxygen atoms in total. The van der Waals surface area contributed by atoms with E-state index in [1.807, 2.05) is 84.9 Å². The number of para-hydroxylation sites is 3. The number of alkyl halides is 5. The Kier molecular flexibility index (Phi) is 32.5. The van der Waals surface area contributed by atoms with E-state index >= 15 is 8.78 Å². The van der Waals surface area contributed by atoms with Gasteiger partial charge in [-0.05, 0) is 188 Å². The summed E-state index contributed by atoms with van der Waals surface area (Å²) in [5.41, 5.74) is 20.5. The van der Waals surface area contributed by atoms with Crippen LogP contribution in [0.1, 0.15) is 241 Å². The molecule has 6 aliphatic carbocycles. The van der Waals surface area contributed by atoms with Crippen LogP contribution in [-0.4, -0.2) is 63.7 Å². The van der Waals surface area contributed by atoms with Gasteiger partial charge >= 0.3 is 6.18 Å². The van der Waals surface area contributed by atoms with Gasteiger partial charge in [-0.25, -0.2) is 0 Å². The van der Waals surface area contributed by atoms with Gasteiger partial charge in [0, 0.05) is 165 Å². The van der Waals surface area contributed by atoms with Crippen LogP contribution >= 0.6 is 0 Å². The Balaban J connectivity index is 0.000000144. The van der Waals surface area contributed by atoms with Gasteiger partial charge in [-0.1, -0.05) is 220 Å². The fraction of sp³-hybridized carbons (Fsp3) is 0.374. The number of anilines is 2. The number of hydrogen-bond donors (Lipinski definition) is 3. The fourth-order valence-corrected chi connectivity index (χ4v) is 20.7. The Morgan fingerprint density at radius 1 is 0.685 bits per heavy atom. The van der Waals surface area contributed by atoms with Crippen LogP contribution in [-0.2, 0) is 96.8 Å². The molecular formula is C107H112F5Ir2N12O3Pt-5. The number of pyridine rings is 1. The summed E-state index contributed by atoms with van der Waals surface area (Å²) in [6.45, 7) is 17.8. The van der Waals surface area contributed by atoms with Gasteiger partial charge in [-0.2, -0.15) is 76.8 Å². The van der Waals surface area contributed by atoms with Crippen molar-refractivity contribution < 1.29 is 102 Å². The summed E-state index contributed by atoms with van der Waals surface area (Å²) < 4.78 is 76.6. The molecule has 0 saturated heterocycles. The molecular weight excluding hydrogens is 2180 g/mol. The maximum Gasteiger partial charge on any atom is 0.454 e. The Morgan fingerprint density at radius 2 is 1.36 bits per heavy atom. The molecule has 4 fully saturated rings. The van der Waals surface area contributed by atoms with Gasteiger partial charge < -0.3 is 55.5 Å². The number of aliphatic hydroxyl groups is 1. The summed E-state index contributed by atoms with van der Waals surface area (Å²) in [5, 5.41) is 35.5. The summed E-state index contributed by atoms with van der Waals surface area (Å²) in [5.74, 6) is -4.25. The number of ketones is 1. The number of furan rings is 1. The van der Waals surface area contributed by atoms with Crippen LogP contribution in [0.5, 0.6) is 0 Å². The Bertz CT molecular complexity index is 6210. The normalized spacial score (nSPS) is 17.2. The van der Waals surface area contributed by atoms with Crippen molar-refractivity contribution in [2.75, 3.05) is 10.6 Å². The van der Waals surface area contributed by atoms with Gasteiger partial charge in [-0.15, -0.1) is 39.7 Å². The van der Waals surface area contributed by atoms with Crippen molar-refractivity contribution in [1.82, 2.24) is 34.2 Å². The van der Waals surface area contributed by atoms with Gasteiger partial charge in [0.1, 0.15) is 11.3 Å². The molecule has 7 heterocycles. The number of allylic oxidation sites excluding steroid dienone is 5. The topological polar surface area (TPSA) is 197 Å². The zero-order valence-corrected chi connectivity index (χ0v) is 82.0. The number of aromatic nitrogens is 8. The van der Waals surface area contributed by atoms with E-state index in [9.17, 15) is 18.0 Å². The number of nitrogens with zero attached hydrogens (tertiary/aromatic N) is 10. The number of aliphatic hydroxyl groups excluding tert-OH is 1. The first-order chi connectivity index (χ1) is 61.2. The van der Waals surface area contributed by atoms with Crippen LogP contribution in [0.25, 0.3) is 88.5 Å². The number of fused-ring (bicyclic) bond motifs is 15. The second-order valence-corrected chi connectivity index (χ2v) is 36.9. The maximum absolute atomic E-state index is 15.0. The van der Waals surface area contributed by atoms with E-state index in [-0.39, 0.29) is 83.9 Å². The van der Waals surface area contributed by atoms with Gasteiger partial charge in [0.15, 0.2) is 12.7 Å². The van der Waals surface area contributed by atoms with Gasteiger partial charge in [0.2, 0.25) is 0 Å². The average molecular weight is 2290 g/mol. The zero-order chi connectivity index (χ0) is 89.3. The predicted octanol–water partition coefficient (Wildman–Crippen LogP) is 27.0. The summed E-state index contributed by atoms with van der Waals surface area (Å²) >= 11 is 0. The molecule has 130 heavy (non-hydrogen) atoms. The number of rotatable bonds is 18. The van der Waals surface area contributed by atoms with Crippen LogP contribution in [0.3, 0.4) is 0 Å². The summed E-state index contributed by atoms with van der Waals surface area (Å²) in [7, 11) is 0. The first-order valence-corrected chi connectivity index (χ1v) is 45.0. The summed E-state index contributed by atoms with van der Waals surface area (Å²) in [6.07, 6.45) is 42.5. The molecule has 20 rings (SSSR count). The largest absolute Gasteiger partial charge is 0.811 e. The number of hydrogen-bond acceptors (Lipinski definition) is 10. The van der Waals surface area contributed by atoms with E-state index in [1.165, 1.54) is 156 Å². The van der Waals surface area contributed by atoms with Gasteiger partial charge in [0.05, 0.1) is 11.5 Å². The Labute approximate surface area is 801 Å². The minimum atomic E-state index is -4.88. The standard InChI is InChI=1S/C26H27N2.C24H23F2N2.C21H27N4.C16H20N2.C15H10N2O.C5H5F3O2.2Ir.Pt/c1-2-26(15-9-4-10-16-26)18-20-17-24-25(27-19-20)22-13-7-8-14-23(22)28(24)21-11-5-3-6-12-21;1-23(9-4-5-10-23)14-17-8-11-27-15-16-12-21-19(13-22(16)28(17)27)18-6-2-3-7-20(18)24(21,25)26;1-5-15(21(4)9-7-6-8-10-21)19-24-13-14-16-18(23-12-11-22-16)20(2,3)17(14)25-19;1-16(10-5-6-11-16)13-15(9-12-17)18-14-7-3-2-4-8-14;16-9-4-10-17-13-7-3-6-12-11-5-1-2-8-14(11)18-15(12)13;1-3(9)2-4(10)5(6,7)8;;;/h3,5-8,11-12,14,17,19H,2,4,9-10,15-16,18H2,1H3;2-3,6-8,11-13H,4-5,9-10,14-15H2,1H3;11-12,15H,5-10H2,1-4H3;2-4,7,9,12,18H,5-6,10-11,13H2,1H3;1-6,8-10,17H;2,9H,1H3;;;/q-1;+1;-1;2*-2;;;;/b;;;15-9-;10-4-;;;;. The van der Waals surface area contributed by atoms with E-state index in [4.69, 9.17) is 35.3 Å². The van der Waals surface area contributed by atoms with Crippen molar-refractivity contribution in [1.29, 1.82) is 0 Å². The number of benzene rings is 7. The Morgan fingerprint density at radius 3 is 2.05 bits per heavy atom. The predicted molar refractivity (Wildman–Crippen MR) is 499 cm³/mol. The van der Waals surface area contributed by atoms with E-state index in [0.29, 0.717) is 45.2 Å². The van der Waals surface area contributed by atoms with E-state index in [1.54, 1.807) is 42.9 Å². The number of carbonyl (C=O) groups excluding carboxylic acids is 1. The minimum Gasteiger partial charge on any atom is -0.811 e. The van der Waals surface area contributed by atoms with E-state index in [2.05, 4.69) is 174 Å². The van der Waals surface area contributed by atoms with Crippen LogP contribution in [0.15, 0.2) is 223 Å². The third-order valence-corrected chi connectivity index (χ3v) is 27.3. The SMILES string of the molecule is CC(O)=CC(=O)C(F)(F)F.CC1(C/C(=C/C=[N-])Nc2[c-]cccc2)CCCC1.CC1(Cc2cc[n+]3n2-c2cc4c(cc2C3)C(F)(F)c2ccccc2-4)CCCC1.CCC(c1n[c-]c2c(n1)C(C)(C)c1nccnc1-2)C1(C)CCCCC1.CCC1(Cc2cnc3c4[c-]cccc4n(-c4ccccc4)c3c2)CCCCC1.[Ir].[Ir].[N-]=C/C=C\Nc1[c-]ccc2c1oc1ccccc12.[Pt]. The molecule has 1 unspecified atom stereocenters. The Hall–Kier alpha value is -10.1.